The Morgan fingerprint density at radius 3 is 2.80 bits per heavy atom. The van der Waals surface area contributed by atoms with Crippen LogP contribution in [-0.4, -0.2) is 39.3 Å². The first kappa shape index (κ1) is 18.7. The molecule has 2 N–H and O–H groups in total. The number of hydrogen-bond donors (Lipinski definition) is 2. The number of ether oxygens (including phenoxy) is 1. The number of thiazole rings is 1. The van der Waals surface area contributed by atoms with E-state index in [9.17, 15) is 9.59 Å². The van der Waals surface area contributed by atoms with Crippen molar-refractivity contribution in [3.05, 3.63) is 35.1 Å². The molecule has 0 saturated carbocycles. The molecule has 1 amide bonds. The fourth-order valence-corrected chi connectivity index (χ4v) is 2.75. The third-order valence-corrected chi connectivity index (χ3v) is 4.32. The number of carbonyl (C=O) groups excluding carboxylic acids is 2. The van der Waals surface area contributed by atoms with Crippen molar-refractivity contribution in [2.24, 2.45) is 7.05 Å². The minimum absolute atomic E-state index is 0.157. The average molecular weight is 363 g/mol. The van der Waals surface area contributed by atoms with Crippen LogP contribution in [0.15, 0.2) is 18.0 Å². The van der Waals surface area contributed by atoms with Crippen molar-refractivity contribution in [3.63, 3.8) is 0 Å². The van der Waals surface area contributed by atoms with Gasteiger partial charge in [0.1, 0.15) is 0 Å². The van der Waals surface area contributed by atoms with Crippen LogP contribution in [0.4, 0.5) is 10.8 Å². The summed E-state index contributed by atoms with van der Waals surface area (Å²) in [7, 11) is 1.79. The van der Waals surface area contributed by atoms with E-state index >= 15 is 0 Å². The van der Waals surface area contributed by atoms with Crippen LogP contribution >= 0.6 is 11.3 Å². The molecule has 1 unspecified atom stereocenters. The molecule has 25 heavy (non-hydrogen) atoms. The zero-order valence-electron chi connectivity index (χ0n) is 14.6. The van der Waals surface area contributed by atoms with Crippen LogP contribution in [0, 0.1) is 13.8 Å². The van der Waals surface area contributed by atoms with E-state index in [0.29, 0.717) is 23.1 Å². The Balaban J connectivity index is 1.97. The summed E-state index contributed by atoms with van der Waals surface area (Å²) < 4.78 is 6.87. The molecule has 0 saturated heterocycles. The summed E-state index contributed by atoms with van der Waals surface area (Å²) in [6.07, 6.45) is 0.728. The number of esters is 1. The van der Waals surface area contributed by atoms with Crippen molar-refractivity contribution in [1.29, 1.82) is 0 Å². The van der Waals surface area contributed by atoms with Gasteiger partial charge in [0.05, 0.1) is 17.1 Å². The largest absolute Gasteiger partial charge is 0.448 e. The Hall–Kier alpha value is -2.68. The number of nitrogens with one attached hydrogen (secondary N) is 2. The predicted octanol–water partition coefficient (Wildman–Crippen LogP) is 2.28. The number of hydrogen-bond acceptors (Lipinski definition) is 7. The minimum atomic E-state index is -0.960. The fourth-order valence-electron chi connectivity index (χ4n) is 2.06. The number of nitrogens with zero attached hydrogens (tertiary/aromatic N) is 3. The molecule has 0 aliphatic heterocycles. The molecule has 0 aliphatic rings. The highest BCUT2D eigenvalue weighted by Gasteiger charge is 2.22. The van der Waals surface area contributed by atoms with Crippen LogP contribution in [-0.2, 0) is 16.6 Å². The van der Waals surface area contributed by atoms with Gasteiger partial charge in [-0.15, -0.1) is 17.9 Å². The van der Waals surface area contributed by atoms with E-state index in [4.69, 9.17) is 4.74 Å². The maximum absolute atomic E-state index is 12.3. The third-order valence-electron chi connectivity index (χ3n) is 3.52. The second kappa shape index (κ2) is 7.93. The van der Waals surface area contributed by atoms with E-state index in [-0.39, 0.29) is 5.69 Å². The number of carbonyl (C=O) groups is 2. The van der Waals surface area contributed by atoms with Gasteiger partial charge in [-0.2, -0.15) is 5.10 Å². The molecule has 0 aliphatic carbocycles. The lowest BCUT2D eigenvalue weighted by Crippen LogP contribution is -2.30. The van der Waals surface area contributed by atoms with Crippen LogP contribution in [0.2, 0.25) is 0 Å². The number of aromatic nitrogens is 3. The average Bonchev–Trinajstić information content (AvgIpc) is 3.13. The summed E-state index contributed by atoms with van der Waals surface area (Å²) in [5.74, 6) is -1.07. The standard InChI is InChI=1S/C16H21N5O3S/c1-6-7-17-16-18-12(8-25-16)15(23)24-11(4)14(22)19-13-9(2)20-21(5)10(13)3/h6,8,11H,1,7H2,2-5H3,(H,17,18)(H,19,22). The van der Waals surface area contributed by atoms with Crippen LogP contribution in [0.25, 0.3) is 0 Å². The van der Waals surface area contributed by atoms with Gasteiger partial charge in [-0.25, -0.2) is 9.78 Å². The van der Waals surface area contributed by atoms with Gasteiger partial charge >= 0.3 is 5.97 Å². The zero-order chi connectivity index (χ0) is 18.6. The highest BCUT2D eigenvalue weighted by atomic mass is 32.1. The Kier molecular flexibility index (Phi) is 5.92. The van der Waals surface area contributed by atoms with Crippen molar-refractivity contribution in [3.8, 4) is 0 Å². The van der Waals surface area contributed by atoms with E-state index in [0.717, 1.165) is 5.69 Å². The van der Waals surface area contributed by atoms with Crippen molar-refractivity contribution in [2.75, 3.05) is 17.2 Å². The summed E-state index contributed by atoms with van der Waals surface area (Å²) in [5.41, 5.74) is 2.30. The Morgan fingerprint density at radius 2 is 2.20 bits per heavy atom. The molecule has 0 aromatic carbocycles. The number of aryl methyl sites for hydroxylation is 2. The molecule has 2 heterocycles. The lowest BCUT2D eigenvalue weighted by atomic mass is 10.3. The first-order valence-electron chi connectivity index (χ1n) is 7.65. The number of amides is 1. The van der Waals surface area contributed by atoms with Gasteiger partial charge in [0.2, 0.25) is 0 Å². The van der Waals surface area contributed by atoms with Crippen molar-refractivity contribution < 1.29 is 14.3 Å². The van der Waals surface area contributed by atoms with Gasteiger partial charge in [-0.1, -0.05) is 6.08 Å². The quantitative estimate of drug-likeness (QED) is 0.578. The van der Waals surface area contributed by atoms with E-state index in [1.54, 1.807) is 30.1 Å². The van der Waals surface area contributed by atoms with Gasteiger partial charge in [-0.05, 0) is 20.8 Å². The van der Waals surface area contributed by atoms with Crippen molar-refractivity contribution in [2.45, 2.75) is 26.9 Å². The Bertz CT molecular complexity index is 796. The van der Waals surface area contributed by atoms with Gasteiger partial charge in [-0.3, -0.25) is 9.48 Å². The number of anilines is 2. The van der Waals surface area contributed by atoms with Crippen LogP contribution in [0.3, 0.4) is 0 Å². The summed E-state index contributed by atoms with van der Waals surface area (Å²) in [4.78, 5) is 28.5. The van der Waals surface area contributed by atoms with E-state index in [2.05, 4.69) is 27.3 Å². The fraction of sp³-hybridized carbons (Fsp3) is 0.375. The van der Waals surface area contributed by atoms with Crippen molar-refractivity contribution in [1.82, 2.24) is 14.8 Å². The maximum atomic E-state index is 12.3. The van der Waals surface area contributed by atoms with E-state index in [1.165, 1.54) is 18.3 Å². The second-order valence-corrected chi connectivity index (χ2v) is 6.27. The highest BCUT2D eigenvalue weighted by molar-refractivity contribution is 7.13. The monoisotopic (exact) mass is 363 g/mol. The molecule has 8 nitrogen and oxygen atoms in total. The maximum Gasteiger partial charge on any atom is 0.358 e. The SMILES string of the molecule is C=CCNc1nc(C(=O)OC(C)C(=O)Nc2c(C)nn(C)c2C)cs1. The Morgan fingerprint density at radius 1 is 1.48 bits per heavy atom. The second-order valence-electron chi connectivity index (χ2n) is 5.41. The molecule has 9 heteroatoms. The van der Waals surface area contributed by atoms with Crippen LogP contribution in [0.1, 0.15) is 28.8 Å². The molecule has 0 bridgehead atoms. The number of rotatable bonds is 7. The smallest absolute Gasteiger partial charge is 0.358 e. The van der Waals surface area contributed by atoms with E-state index in [1.807, 2.05) is 6.92 Å². The summed E-state index contributed by atoms with van der Waals surface area (Å²) in [6.45, 7) is 9.30. The molecule has 2 rings (SSSR count). The molecular formula is C16H21N5O3S. The van der Waals surface area contributed by atoms with Crippen molar-refractivity contribution >= 4 is 34.0 Å². The lowest BCUT2D eigenvalue weighted by molar-refractivity contribution is -0.123. The first-order valence-corrected chi connectivity index (χ1v) is 8.53. The summed E-state index contributed by atoms with van der Waals surface area (Å²) >= 11 is 1.28. The molecule has 0 fully saturated rings. The minimum Gasteiger partial charge on any atom is -0.448 e. The molecule has 0 spiro atoms. The third kappa shape index (κ3) is 4.44. The summed E-state index contributed by atoms with van der Waals surface area (Å²) in [5, 5.41) is 12.1. The van der Waals surface area contributed by atoms with Crippen LogP contribution in [0.5, 0.6) is 0 Å². The molecule has 0 radical (unpaired) electrons. The normalized spacial score (nSPS) is 11.7. The zero-order valence-corrected chi connectivity index (χ0v) is 15.4. The lowest BCUT2D eigenvalue weighted by Gasteiger charge is -2.13. The summed E-state index contributed by atoms with van der Waals surface area (Å²) in [6, 6.07) is 0. The van der Waals surface area contributed by atoms with Gasteiger partial charge in [0.15, 0.2) is 16.9 Å². The van der Waals surface area contributed by atoms with Gasteiger partial charge in [0, 0.05) is 19.0 Å². The molecule has 2 aromatic rings. The Labute approximate surface area is 149 Å². The molecule has 2 aromatic heterocycles. The molecular weight excluding hydrogens is 342 g/mol. The first-order chi connectivity index (χ1) is 11.8. The van der Waals surface area contributed by atoms with Gasteiger partial charge < -0.3 is 15.4 Å². The topological polar surface area (TPSA) is 98.1 Å². The van der Waals surface area contributed by atoms with Crippen LogP contribution < -0.4 is 10.6 Å². The molecule has 134 valence electrons. The highest BCUT2D eigenvalue weighted by Crippen LogP contribution is 2.19. The predicted molar refractivity (Wildman–Crippen MR) is 97.0 cm³/mol. The van der Waals surface area contributed by atoms with E-state index < -0.39 is 18.0 Å². The van der Waals surface area contributed by atoms with Gasteiger partial charge in [0.25, 0.3) is 5.91 Å². The molecule has 1 atom stereocenters.